The first kappa shape index (κ1) is 63.0. The van der Waals surface area contributed by atoms with E-state index in [1.165, 1.54) is 171 Å². The Balaban J connectivity index is 0.000000211. The number of piperazine rings is 1. The third-order valence-corrected chi connectivity index (χ3v) is 13.8. The summed E-state index contributed by atoms with van der Waals surface area (Å²) in [5, 5.41) is 41.5. The molecule has 408 valence electrons. The predicted octanol–water partition coefficient (Wildman–Crippen LogP) is 3.11. The highest BCUT2D eigenvalue weighted by atomic mass is 32.2. The van der Waals surface area contributed by atoms with Crippen molar-refractivity contribution >= 4 is 17.7 Å². The summed E-state index contributed by atoms with van der Waals surface area (Å²) < 4.78 is 5.01. The average Bonchev–Trinajstić information content (AvgIpc) is 4.17. The van der Waals surface area contributed by atoms with Gasteiger partial charge in [-0.25, -0.2) is 0 Å². The Morgan fingerprint density at radius 1 is 0.380 bits per heavy atom. The van der Waals surface area contributed by atoms with Crippen LogP contribution in [0.1, 0.15) is 99.7 Å². The predicted molar refractivity (Wildman–Crippen MR) is 304 cm³/mol. The number of rotatable bonds is 1. The molecule has 0 aliphatic carbocycles. The molecule has 0 atom stereocenters. The zero-order valence-electron chi connectivity index (χ0n) is 44.5. The summed E-state index contributed by atoms with van der Waals surface area (Å²) in [6, 6.07) is 19.5. The van der Waals surface area contributed by atoms with Gasteiger partial charge in [0, 0.05) is 116 Å². The summed E-state index contributed by atoms with van der Waals surface area (Å²) >= 11 is 2.03. The van der Waals surface area contributed by atoms with Crippen LogP contribution in [0.5, 0.6) is 0 Å². The van der Waals surface area contributed by atoms with E-state index in [1.807, 2.05) is 11.8 Å². The molecule has 12 rings (SSSR count). The summed E-state index contributed by atoms with van der Waals surface area (Å²) in [4.78, 5) is 10.5. The number of carbonyl (C=O) groups is 1. The van der Waals surface area contributed by atoms with Crippen molar-refractivity contribution in [3.63, 3.8) is 0 Å². The van der Waals surface area contributed by atoms with Crippen LogP contribution < -0.4 is 69.1 Å². The van der Waals surface area contributed by atoms with Crippen molar-refractivity contribution in [3.05, 3.63) is 71.3 Å². The number of carbonyl (C=O) groups excluding carboxylic acids is 1. The van der Waals surface area contributed by atoms with Gasteiger partial charge in [0.05, 0.1) is 13.2 Å². The highest BCUT2D eigenvalue weighted by molar-refractivity contribution is 7.99. The van der Waals surface area contributed by atoms with Crippen LogP contribution in [-0.4, -0.2) is 181 Å². The molecule has 15 nitrogen and oxygen atoms in total. The van der Waals surface area contributed by atoms with Gasteiger partial charge in [0.1, 0.15) is 0 Å². The van der Waals surface area contributed by atoms with Gasteiger partial charge in [-0.05, 0) is 139 Å². The molecule has 0 radical (unpaired) electrons. The zero-order valence-corrected chi connectivity index (χ0v) is 45.3. The molecule has 0 unspecified atom stereocenters. The molecule has 2 aromatic rings. The second-order valence-electron chi connectivity index (χ2n) is 18.8. The van der Waals surface area contributed by atoms with E-state index in [1.54, 1.807) is 0 Å². The SMILES string of the molecule is C1CCCNCC1.C1CCNC1.C1CCNCC1.C1CNCCN1.C1CNCN1.C1COCCN1.C1CSCCN1.O=C1CCNCCN1.c1ccc(C2CCNCC2)cc1.c1ccc2c(c1)CCNC2. The largest absolute Gasteiger partial charge is 0.379 e. The summed E-state index contributed by atoms with van der Waals surface area (Å²) in [5.74, 6) is 3.57. The normalized spacial score (nSPS) is 21.9. The topological polar surface area (TPSA) is 183 Å². The number of hydrogen-bond donors (Lipinski definition) is 13. The van der Waals surface area contributed by atoms with Gasteiger partial charge in [0.25, 0.3) is 0 Å². The lowest BCUT2D eigenvalue weighted by atomic mass is 9.90. The lowest BCUT2D eigenvalue weighted by Crippen LogP contribution is -2.39. The zero-order chi connectivity index (χ0) is 49.8. The van der Waals surface area contributed by atoms with Gasteiger partial charge in [-0.3, -0.25) is 4.79 Å². The van der Waals surface area contributed by atoms with Crippen LogP contribution in [0.2, 0.25) is 0 Å². The number of ether oxygens (including phenoxy) is 1. The fourth-order valence-corrected chi connectivity index (χ4v) is 9.27. The number of thioether (sulfide) groups is 1. The van der Waals surface area contributed by atoms with E-state index < -0.39 is 0 Å². The molecule has 10 aliphatic heterocycles. The molecule has 71 heavy (non-hydrogen) atoms. The first-order chi connectivity index (χ1) is 35.3. The van der Waals surface area contributed by atoms with Gasteiger partial charge >= 0.3 is 0 Å². The summed E-state index contributed by atoms with van der Waals surface area (Å²) in [6.45, 7) is 28.7. The molecule has 1 amide bonds. The molecule has 13 N–H and O–H groups in total. The standard InChI is InChI=1S/C11H15N.C9H11N.C6H13N.C5H10N2O.C5H11N.C4H10N2.C4H9NO.C4H9NS.C4H9N.C3H8N2/c1-2-4-10(5-3-1)11-6-8-12-9-7-11;1-2-4-9-7-10-6-5-8(9)3-1;1-2-4-6-7-5-3-1;8-5-1-2-6-3-4-7-5;1-2-4-6-5-3-1;1-2-6-4-3-5-1;2*1-3-6-4-2-5-1;1-2-4-5-3-1;1-2-5-3-4-1/h1-5,11-12H,6-9H2;1-4,10H,5-7H2;7H,1-6H2;6H,1-4H2,(H,7,8);6H,1-5H2;5-6H,1-4H2;2*5H,1-4H2;5H,1-4H2;4-5H,1-3H2. The second-order valence-corrected chi connectivity index (χ2v) is 20.0. The Morgan fingerprint density at radius 2 is 0.817 bits per heavy atom. The molecular formula is C55H105N13O2S. The van der Waals surface area contributed by atoms with E-state index in [0.29, 0.717) is 6.42 Å². The molecular weight excluding hydrogens is 907 g/mol. The minimum atomic E-state index is 0.162. The minimum absolute atomic E-state index is 0.162. The number of nitrogens with one attached hydrogen (secondary N) is 13. The minimum Gasteiger partial charge on any atom is -0.379 e. The van der Waals surface area contributed by atoms with Crippen LogP contribution in [0.4, 0.5) is 0 Å². The molecule has 2 aromatic carbocycles. The Hall–Kier alpha value is -2.26. The van der Waals surface area contributed by atoms with Crippen molar-refractivity contribution in [2.24, 2.45) is 0 Å². The number of hydrogen-bond acceptors (Lipinski definition) is 15. The quantitative estimate of drug-likeness (QED) is 0.200. The third-order valence-electron chi connectivity index (χ3n) is 12.8. The first-order valence-electron chi connectivity index (χ1n) is 28.4. The smallest absolute Gasteiger partial charge is 0.221 e. The third kappa shape index (κ3) is 39.8. The van der Waals surface area contributed by atoms with Crippen LogP contribution in [-0.2, 0) is 22.5 Å². The number of benzene rings is 2. The molecule has 9 fully saturated rings. The molecule has 0 saturated carbocycles. The molecule has 10 aliphatic rings. The van der Waals surface area contributed by atoms with Gasteiger partial charge in [0.2, 0.25) is 5.91 Å². The fourth-order valence-electron chi connectivity index (χ4n) is 8.49. The van der Waals surface area contributed by atoms with Crippen LogP contribution in [0.3, 0.4) is 0 Å². The van der Waals surface area contributed by atoms with E-state index in [4.69, 9.17) is 4.74 Å². The van der Waals surface area contributed by atoms with Crippen LogP contribution in [0.25, 0.3) is 0 Å². The summed E-state index contributed by atoms with van der Waals surface area (Å²) in [6.07, 6.45) is 17.1. The van der Waals surface area contributed by atoms with E-state index in [-0.39, 0.29) is 5.91 Å². The van der Waals surface area contributed by atoms with Gasteiger partial charge in [-0.2, -0.15) is 11.8 Å². The highest BCUT2D eigenvalue weighted by Gasteiger charge is 2.14. The average molecular weight is 1010 g/mol. The maximum atomic E-state index is 10.5. The van der Waals surface area contributed by atoms with Crippen molar-refractivity contribution in [3.8, 4) is 0 Å². The molecule has 0 aromatic heterocycles. The molecule has 10 heterocycles. The van der Waals surface area contributed by atoms with Gasteiger partial charge in [-0.15, -0.1) is 0 Å². The van der Waals surface area contributed by atoms with Crippen LogP contribution >= 0.6 is 11.8 Å². The number of piperidine rings is 2. The Labute approximate surface area is 437 Å². The van der Waals surface area contributed by atoms with Crippen LogP contribution in [0.15, 0.2) is 54.6 Å². The molecule has 0 spiro atoms. The Kier molecular flexibility index (Phi) is 44.3. The van der Waals surface area contributed by atoms with Crippen molar-refractivity contribution in [1.29, 1.82) is 0 Å². The molecule has 0 bridgehead atoms. The first-order valence-corrected chi connectivity index (χ1v) is 29.5. The monoisotopic (exact) mass is 1010 g/mol. The summed E-state index contributed by atoms with van der Waals surface area (Å²) in [7, 11) is 0. The Morgan fingerprint density at radius 3 is 1.27 bits per heavy atom. The van der Waals surface area contributed by atoms with Gasteiger partial charge in [-0.1, -0.05) is 73.9 Å². The molecule has 16 heteroatoms. The highest BCUT2D eigenvalue weighted by Crippen LogP contribution is 2.24. The van der Waals surface area contributed by atoms with Crippen molar-refractivity contribution in [1.82, 2.24) is 69.1 Å². The lowest BCUT2D eigenvalue weighted by molar-refractivity contribution is -0.120. The van der Waals surface area contributed by atoms with E-state index in [9.17, 15) is 4.79 Å². The lowest BCUT2D eigenvalue weighted by Gasteiger charge is -2.22. The van der Waals surface area contributed by atoms with Gasteiger partial charge in [0.15, 0.2) is 0 Å². The number of morpholine rings is 1. The van der Waals surface area contributed by atoms with E-state index in [2.05, 4.69) is 124 Å². The number of fused-ring (bicyclic) bond motifs is 1. The van der Waals surface area contributed by atoms with E-state index >= 15 is 0 Å². The Bertz CT molecular complexity index is 1230. The van der Waals surface area contributed by atoms with Crippen LogP contribution in [0, 0.1) is 0 Å². The fraction of sp³-hybridized carbons (Fsp3) is 0.764. The molecule has 9 saturated heterocycles. The van der Waals surface area contributed by atoms with Crippen molar-refractivity contribution < 1.29 is 9.53 Å². The summed E-state index contributed by atoms with van der Waals surface area (Å²) in [5.41, 5.74) is 4.49. The number of amides is 1. The second kappa shape index (κ2) is 49.9. The maximum absolute atomic E-state index is 10.5. The van der Waals surface area contributed by atoms with Crippen molar-refractivity contribution in [2.45, 2.75) is 95.9 Å². The van der Waals surface area contributed by atoms with E-state index in [0.717, 1.165) is 111 Å². The maximum Gasteiger partial charge on any atom is 0.221 e. The van der Waals surface area contributed by atoms with Gasteiger partial charge < -0.3 is 73.9 Å². The van der Waals surface area contributed by atoms with Crippen molar-refractivity contribution in [2.75, 3.05) is 175 Å².